The van der Waals surface area contributed by atoms with E-state index in [2.05, 4.69) is 44.1 Å². The van der Waals surface area contributed by atoms with Crippen molar-refractivity contribution in [1.82, 2.24) is 29.7 Å². The lowest BCUT2D eigenvalue weighted by molar-refractivity contribution is 0.0812. The van der Waals surface area contributed by atoms with Crippen molar-refractivity contribution in [1.29, 1.82) is 5.26 Å². The van der Waals surface area contributed by atoms with E-state index in [1.165, 1.54) is 11.1 Å². The van der Waals surface area contributed by atoms with Crippen LogP contribution in [0.4, 0.5) is 4.79 Å². The molecule has 3 aromatic rings. The number of carbonyl (C=O) groups excluding carboxylic acids is 1. The standard InChI is InChI=1S/C26H27N7O2/c27-12-25-28-13-21(14-29-25)24-7-3-6-22(30-24)16-32-10-11-33(26(32)35)18-23(34)17-31-9-8-19-4-1-2-5-20(19)15-31/h1-7,13-14,23,34H,8-11,15-18H2/t23-/m1/s1. The van der Waals surface area contributed by atoms with Gasteiger partial charge in [-0.25, -0.2) is 14.8 Å². The number of hydrogen-bond acceptors (Lipinski definition) is 7. The Balaban J connectivity index is 1.15. The fourth-order valence-electron chi connectivity index (χ4n) is 4.71. The third-order valence-electron chi connectivity index (χ3n) is 6.50. The second-order valence-electron chi connectivity index (χ2n) is 8.98. The summed E-state index contributed by atoms with van der Waals surface area (Å²) >= 11 is 0. The molecule has 5 rings (SSSR count). The normalized spacial score (nSPS) is 16.7. The Hall–Kier alpha value is -3.87. The molecular weight excluding hydrogens is 442 g/mol. The molecule has 0 radical (unpaired) electrons. The van der Waals surface area contributed by atoms with Crippen LogP contribution in [0, 0.1) is 11.3 Å². The summed E-state index contributed by atoms with van der Waals surface area (Å²) in [7, 11) is 0. The van der Waals surface area contributed by atoms with Crippen LogP contribution in [-0.4, -0.2) is 79.6 Å². The van der Waals surface area contributed by atoms with Crippen molar-refractivity contribution in [2.45, 2.75) is 25.6 Å². The molecule has 1 saturated heterocycles. The van der Waals surface area contributed by atoms with Gasteiger partial charge in [0.05, 0.1) is 24.0 Å². The molecule has 4 heterocycles. The van der Waals surface area contributed by atoms with Gasteiger partial charge in [0.25, 0.3) is 0 Å². The van der Waals surface area contributed by atoms with Crippen LogP contribution in [-0.2, 0) is 19.5 Å². The van der Waals surface area contributed by atoms with E-state index in [1.807, 2.05) is 24.3 Å². The molecule has 2 amide bonds. The number of carbonyl (C=O) groups is 1. The zero-order valence-corrected chi connectivity index (χ0v) is 19.4. The molecule has 2 aliphatic rings. The fourth-order valence-corrected chi connectivity index (χ4v) is 4.71. The van der Waals surface area contributed by atoms with E-state index < -0.39 is 6.10 Å². The molecular formula is C26H27N7O2. The first-order valence-electron chi connectivity index (χ1n) is 11.8. The molecule has 2 aliphatic heterocycles. The van der Waals surface area contributed by atoms with Gasteiger partial charge in [-0.1, -0.05) is 30.3 Å². The minimum atomic E-state index is -0.595. The van der Waals surface area contributed by atoms with Gasteiger partial charge >= 0.3 is 6.03 Å². The summed E-state index contributed by atoms with van der Waals surface area (Å²) in [4.78, 5) is 31.4. The number of pyridine rings is 1. The SMILES string of the molecule is N#Cc1ncc(-c2cccc(CN3CCN(C[C@H](O)CN4CCc5ccccc5C4)C3=O)n2)cn1. The van der Waals surface area contributed by atoms with Gasteiger partial charge in [0, 0.05) is 57.2 Å². The first kappa shape index (κ1) is 22.9. The Morgan fingerprint density at radius 3 is 2.54 bits per heavy atom. The third-order valence-corrected chi connectivity index (χ3v) is 6.50. The first-order valence-corrected chi connectivity index (χ1v) is 11.8. The molecule has 9 nitrogen and oxygen atoms in total. The lowest BCUT2D eigenvalue weighted by Gasteiger charge is -2.31. The topological polar surface area (TPSA) is 109 Å². The van der Waals surface area contributed by atoms with Crippen LogP contribution in [0.5, 0.6) is 0 Å². The van der Waals surface area contributed by atoms with Crippen LogP contribution in [0.3, 0.4) is 0 Å². The highest BCUT2D eigenvalue weighted by molar-refractivity contribution is 5.76. The number of hydrogen-bond donors (Lipinski definition) is 1. The molecule has 35 heavy (non-hydrogen) atoms. The largest absolute Gasteiger partial charge is 0.390 e. The molecule has 178 valence electrons. The van der Waals surface area contributed by atoms with Crippen LogP contribution >= 0.6 is 0 Å². The van der Waals surface area contributed by atoms with Crippen LogP contribution in [0.25, 0.3) is 11.3 Å². The molecule has 9 heteroatoms. The summed E-state index contributed by atoms with van der Waals surface area (Å²) in [6.07, 6.45) is 3.54. The monoisotopic (exact) mass is 469 g/mol. The number of amides is 2. The number of β-amino-alcohol motifs (C(OH)–C–C–N with tert-alkyl or cyclic N) is 1. The van der Waals surface area contributed by atoms with Crippen molar-refractivity contribution in [3.8, 4) is 17.3 Å². The average Bonchev–Trinajstić information content (AvgIpc) is 3.22. The number of aliphatic hydroxyl groups is 1. The lowest BCUT2D eigenvalue weighted by atomic mass is 10.00. The van der Waals surface area contributed by atoms with Crippen LogP contribution in [0.1, 0.15) is 22.6 Å². The Morgan fingerprint density at radius 2 is 1.74 bits per heavy atom. The molecule has 0 bridgehead atoms. The Bertz CT molecular complexity index is 1240. The van der Waals surface area contributed by atoms with E-state index in [9.17, 15) is 9.90 Å². The average molecular weight is 470 g/mol. The zero-order chi connectivity index (χ0) is 24.2. The number of nitriles is 1. The summed E-state index contributed by atoms with van der Waals surface area (Å²) in [5, 5.41) is 19.6. The van der Waals surface area contributed by atoms with Crippen LogP contribution in [0.2, 0.25) is 0 Å². The van der Waals surface area contributed by atoms with Crippen molar-refractivity contribution in [2.24, 2.45) is 0 Å². The number of nitrogens with zero attached hydrogens (tertiary/aromatic N) is 7. The molecule has 1 atom stereocenters. The summed E-state index contributed by atoms with van der Waals surface area (Å²) in [5.41, 5.74) is 4.86. The van der Waals surface area contributed by atoms with Crippen molar-refractivity contribution < 1.29 is 9.90 Å². The number of urea groups is 1. The fraction of sp³-hybridized carbons (Fsp3) is 0.346. The quantitative estimate of drug-likeness (QED) is 0.564. The second kappa shape index (κ2) is 10.2. The first-order chi connectivity index (χ1) is 17.1. The Kier molecular flexibility index (Phi) is 6.66. The van der Waals surface area contributed by atoms with Gasteiger partial charge in [-0.15, -0.1) is 0 Å². The highest BCUT2D eigenvalue weighted by Crippen LogP contribution is 2.20. The summed E-state index contributed by atoms with van der Waals surface area (Å²) in [5.74, 6) is 0.111. The predicted octanol–water partition coefficient (Wildman–Crippen LogP) is 2.07. The zero-order valence-electron chi connectivity index (χ0n) is 19.4. The van der Waals surface area contributed by atoms with Gasteiger partial charge in [0.2, 0.25) is 5.82 Å². The molecule has 0 aliphatic carbocycles. The van der Waals surface area contributed by atoms with Gasteiger partial charge in [0.15, 0.2) is 0 Å². The molecule has 1 N–H and O–H groups in total. The molecule has 1 fully saturated rings. The molecule has 0 saturated carbocycles. The predicted molar refractivity (Wildman–Crippen MR) is 129 cm³/mol. The van der Waals surface area contributed by atoms with E-state index in [0.29, 0.717) is 44.0 Å². The maximum Gasteiger partial charge on any atom is 0.320 e. The molecule has 2 aromatic heterocycles. The summed E-state index contributed by atoms with van der Waals surface area (Å²) in [6.45, 7) is 4.19. The number of benzene rings is 1. The maximum atomic E-state index is 13.0. The minimum Gasteiger partial charge on any atom is -0.390 e. The van der Waals surface area contributed by atoms with Crippen molar-refractivity contribution in [3.05, 3.63) is 77.5 Å². The second-order valence-corrected chi connectivity index (χ2v) is 8.98. The van der Waals surface area contributed by atoms with Gasteiger partial charge in [-0.2, -0.15) is 5.26 Å². The molecule has 0 unspecified atom stereocenters. The van der Waals surface area contributed by atoms with Gasteiger partial charge in [-0.3, -0.25) is 9.88 Å². The maximum absolute atomic E-state index is 13.0. The van der Waals surface area contributed by atoms with E-state index in [4.69, 9.17) is 5.26 Å². The van der Waals surface area contributed by atoms with Crippen molar-refractivity contribution in [2.75, 3.05) is 32.7 Å². The third kappa shape index (κ3) is 5.29. The Labute approximate surface area is 204 Å². The van der Waals surface area contributed by atoms with E-state index >= 15 is 0 Å². The lowest BCUT2D eigenvalue weighted by Crippen LogP contribution is -2.43. The van der Waals surface area contributed by atoms with Crippen LogP contribution < -0.4 is 0 Å². The van der Waals surface area contributed by atoms with E-state index in [-0.39, 0.29) is 11.9 Å². The van der Waals surface area contributed by atoms with E-state index in [0.717, 1.165) is 25.2 Å². The van der Waals surface area contributed by atoms with E-state index in [1.54, 1.807) is 22.2 Å². The number of fused-ring (bicyclic) bond motifs is 1. The summed E-state index contributed by atoms with van der Waals surface area (Å²) < 4.78 is 0. The van der Waals surface area contributed by atoms with Gasteiger partial charge in [0.1, 0.15) is 6.07 Å². The van der Waals surface area contributed by atoms with Crippen molar-refractivity contribution >= 4 is 6.03 Å². The van der Waals surface area contributed by atoms with Gasteiger partial charge in [-0.05, 0) is 29.7 Å². The number of aliphatic hydroxyl groups excluding tert-OH is 1. The summed E-state index contributed by atoms with van der Waals surface area (Å²) in [6, 6.07) is 15.9. The highest BCUT2D eigenvalue weighted by atomic mass is 16.3. The molecule has 0 spiro atoms. The minimum absolute atomic E-state index is 0.0815. The number of rotatable bonds is 7. The Morgan fingerprint density at radius 1 is 0.971 bits per heavy atom. The van der Waals surface area contributed by atoms with Crippen LogP contribution in [0.15, 0.2) is 54.9 Å². The highest BCUT2D eigenvalue weighted by Gasteiger charge is 2.30. The van der Waals surface area contributed by atoms with Crippen molar-refractivity contribution in [3.63, 3.8) is 0 Å². The smallest absolute Gasteiger partial charge is 0.320 e. The van der Waals surface area contributed by atoms with Gasteiger partial charge < -0.3 is 14.9 Å². The number of aromatic nitrogens is 3. The molecule has 1 aromatic carbocycles.